The van der Waals surface area contributed by atoms with E-state index in [1.807, 2.05) is 6.92 Å². The van der Waals surface area contributed by atoms with Gasteiger partial charge in [0.05, 0.1) is 11.0 Å². The summed E-state index contributed by atoms with van der Waals surface area (Å²) in [6.07, 6.45) is 0. The monoisotopic (exact) mass is 191 g/mol. The van der Waals surface area contributed by atoms with Crippen molar-refractivity contribution >= 4 is 5.78 Å². The Kier molecular flexibility index (Phi) is 2.04. The Labute approximate surface area is 82.8 Å². The van der Waals surface area contributed by atoms with Crippen LogP contribution >= 0.6 is 0 Å². The number of phenols is 1. The number of rotatable bonds is 2. The van der Waals surface area contributed by atoms with Gasteiger partial charge < -0.3 is 10.4 Å². The summed E-state index contributed by atoms with van der Waals surface area (Å²) in [4.78, 5) is 12.0. The van der Waals surface area contributed by atoms with Gasteiger partial charge in [-0.15, -0.1) is 0 Å². The minimum absolute atomic E-state index is 0.0225. The van der Waals surface area contributed by atoms with Crippen LogP contribution in [0.25, 0.3) is 0 Å². The molecule has 0 saturated carbocycles. The smallest absolute Gasteiger partial charge is 0.174 e. The number of nitrogens with one attached hydrogen (secondary N) is 1. The number of para-hydroxylation sites is 1. The third-order valence-electron chi connectivity index (χ3n) is 2.73. The zero-order valence-electron chi connectivity index (χ0n) is 8.08. The maximum Gasteiger partial charge on any atom is 0.174 e. The zero-order chi connectivity index (χ0) is 10.2. The summed E-state index contributed by atoms with van der Waals surface area (Å²) in [5.74, 6) is 0.0972. The van der Waals surface area contributed by atoms with Crippen molar-refractivity contribution in [3.63, 3.8) is 0 Å². The molecule has 0 unspecified atom stereocenters. The molecule has 2 rings (SSSR count). The van der Waals surface area contributed by atoms with Crippen LogP contribution in [0.1, 0.15) is 17.3 Å². The summed E-state index contributed by atoms with van der Waals surface area (Å²) >= 11 is 0. The maximum absolute atomic E-state index is 12.0. The van der Waals surface area contributed by atoms with E-state index in [0.29, 0.717) is 18.7 Å². The molecule has 1 saturated heterocycles. The quantitative estimate of drug-likeness (QED) is 0.690. The van der Waals surface area contributed by atoms with Gasteiger partial charge in [0.2, 0.25) is 0 Å². The molecular formula is C11H13NO2. The van der Waals surface area contributed by atoms with E-state index >= 15 is 0 Å². The number of Topliss-reactive ketones (excluding diaryl/α,β-unsaturated/α-hetero) is 1. The predicted molar refractivity (Wildman–Crippen MR) is 53.4 cm³/mol. The van der Waals surface area contributed by atoms with Crippen molar-refractivity contribution in [3.8, 4) is 5.75 Å². The minimum atomic E-state index is -0.334. The topological polar surface area (TPSA) is 49.3 Å². The molecule has 1 aromatic rings. The molecule has 1 fully saturated rings. The molecule has 74 valence electrons. The Morgan fingerprint density at radius 1 is 1.43 bits per heavy atom. The lowest BCUT2D eigenvalue weighted by molar-refractivity contribution is 0.0718. The van der Waals surface area contributed by atoms with Crippen molar-refractivity contribution < 1.29 is 9.90 Å². The first-order valence-corrected chi connectivity index (χ1v) is 4.67. The largest absolute Gasteiger partial charge is 0.507 e. The molecule has 0 aliphatic carbocycles. The number of hydrogen-bond acceptors (Lipinski definition) is 3. The van der Waals surface area contributed by atoms with Crippen LogP contribution in [-0.2, 0) is 0 Å². The van der Waals surface area contributed by atoms with Gasteiger partial charge >= 0.3 is 0 Å². The number of carbonyl (C=O) groups is 1. The Morgan fingerprint density at radius 2 is 2.07 bits per heavy atom. The van der Waals surface area contributed by atoms with Crippen molar-refractivity contribution in [2.45, 2.75) is 6.92 Å². The number of hydrogen-bond donors (Lipinski definition) is 2. The van der Waals surface area contributed by atoms with Crippen LogP contribution in [0.15, 0.2) is 24.3 Å². The molecule has 1 aromatic carbocycles. The number of aromatic hydroxyl groups is 1. The van der Waals surface area contributed by atoms with Crippen LogP contribution < -0.4 is 5.32 Å². The van der Waals surface area contributed by atoms with Gasteiger partial charge in [0.1, 0.15) is 5.75 Å². The highest BCUT2D eigenvalue weighted by Gasteiger charge is 2.40. The molecule has 1 aliphatic heterocycles. The van der Waals surface area contributed by atoms with Crippen LogP contribution in [0.2, 0.25) is 0 Å². The second-order valence-corrected chi connectivity index (χ2v) is 4.01. The SMILES string of the molecule is CC1(C(=O)c2ccccc2O)CNC1. The fourth-order valence-corrected chi connectivity index (χ4v) is 1.65. The Hall–Kier alpha value is -1.35. The molecule has 3 heteroatoms. The highest BCUT2D eigenvalue weighted by molar-refractivity contribution is 6.03. The number of ketones is 1. The summed E-state index contributed by atoms with van der Waals surface area (Å²) in [5.41, 5.74) is 0.0928. The van der Waals surface area contributed by atoms with Crippen LogP contribution in [0.5, 0.6) is 5.75 Å². The van der Waals surface area contributed by atoms with Gasteiger partial charge in [0.25, 0.3) is 0 Å². The highest BCUT2D eigenvalue weighted by atomic mass is 16.3. The lowest BCUT2D eigenvalue weighted by atomic mass is 9.77. The van der Waals surface area contributed by atoms with Gasteiger partial charge in [-0.2, -0.15) is 0 Å². The standard InChI is InChI=1S/C11H13NO2/c1-11(6-12-7-11)10(14)8-4-2-3-5-9(8)13/h2-5,12-13H,6-7H2,1H3. The fourth-order valence-electron chi connectivity index (χ4n) is 1.65. The van der Waals surface area contributed by atoms with Gasteiger partial charge in [-0.1, -0.05) is 12.1 Å². The molecule has 0 amide bonds. The summed E-state index contributed by atoms with van der Waals surface area (Å²) in [6, 6.07) is 6.69. The molecule has 1 aliphatic rings. The van der Waals surface area contributed by atoms with E-state index in [9.17, 15) is 9.90 Å². The number of carbonyl (C=O) groups excluding carboxylic acids is 1. The van der Waals surface area contributed by atoms with Gasteiger partial charge in [-0.25, -0.2) is 0 Å². The first kappa shape index (κ1) is 9.21. The first-order chi connectivity index (χ1) is 6.63. The summed E-state index contributed by atoms with van der Waals surface area (Å²) < 4.78 is 0. The van der Waals surface area contributed by atoms with Gasteiger partial charge in [-0.3, -0.25) is 4.79 Å². The molecule has 2 N–H and O–H groups in total. The second-order valence-electron chi connectivity index (χ2n) is 4.01. The van der Waals surface area contributed by atoms with Crippen LogP contribution in [0, 0.1) is 5.41 Å². The molecule has 0 bridgehead atoms. The lowest BCUT2D eigenvalue weighted by Gasteiger charge is -2.37. The van der Waals surface area contributed by atoms with Gasteiger partial charge in [0, 0.05) is 13.1 Å². The average Bonchev–Trinajstić information content (AvgIpc) is 2.14. The molecular weight excluding hydrogens is 178 g/mol. The van der Waals surface area contributed by atoms with Crippen molar-refractivity contribution in [2.75, 3.05) is 13.1 Å². The molecule has 3 nitrogen and oxygen atoms in total. The Bertz CT molecular complexity index is 369. The van der Waals surface area contributed by atoms with Crippen molar-refractivity contribution in [2.24, 2.45) is 5.41 Å². The third kappa shape index (κ3) is 1.30. The number of phenolic OH excluding ortho intramolecular Hbond substituents is 1. The summed E-state index contributed by atoms with van der Waals surface area (Å²) in [6.45, 7) is 3.30. The molecule has 0 atom stereocenters. The van der Waals surface area contributed by atoms with E-state index < -0.39 is 0 Å². The minimum Gasteiger partial charge on any atom is -0.507 e. The average molecular weight is 191 g/mol. The van der Waals surface area contributed by atoms with E-state index in [2.05, 4.69) is 5.32 Å². The highest BCUT2D eigenvalue weighted by Crippen LogP contribution is 2.30. The number of benzene rings is 1. The summed E-state index contributed by atoms with van der Waals surface area (Å²) in [7, 11) is 0. The summed E-state index contributed by atoms with van der Waals surface area (Å²) in [5, 5.41) is 12.6. The zero-order valence-corrected chi connectivity index (χ0v) is 8.08. The van der Waals surface area contributed by atoms with E-state index in [-0.39, 0.29) is 16.9 Å². The van der Waals surface area contributed by atoms with Crippen LogP contribution in [0.4, 0.5) is 0 Å². The van der Waals surface area contributed by atoms with Crippen molar-refractivity contribution in [3.05, 3.63) is 29.8 Å². The molecule has 0 aromatic heterocycles. The van der Waals surface area contributed by atoms with Crippen molar-refractivity contribution in [1.82, 2.24) is 5.32 Å². The first-order valence-electron chi connectivity index (χ1n) is 4.67. The maximum atomic E-state index is 12.0. The predicted octanol–water partition coefficient (Wildman–Crippen LogP) is 1.18. The van der Waals surface area contributed by atoms with E-state index in [0.717, 1.165) is 0 Å². The van der Waals surface area contributed by atoms with Gasteiger partial charge in [-0.05, 0) is 19.1 Å². The molecule has 0 radical (unpaired) electrons. The van der Waals surface area contributed by atoms with Gasteiger partial charge in [0.15, 0.2) is 5.78 Å². The van der Waals surface area contributed by atoms with Crippen LogP contribution in [-0.4, -0.2) is 24.0 Å². The third-order valence-corrected chi connectivity index (χ3v) is 2.73. The Morgan fingerprint density at radius 3 is 2.57 bits per heavy atom. The fraction of sp³-hybridized carbons (Fsp3) is 0.364. The molecule has 0 spiro atoms. The van der Waals surface area contributed by atoms with Crippen molar-refractivity contribution in [1.29, 1.82) is 0 Å². The Balaban J connectivity index is 2.32. The van der Waals surface area contributed by atoms with E-state index in [4.69, 9.17) is 0 Å². The second kappa shape index (κ2) is 3.10. The van der Waals surface area contributed by atoms with Crippen LogP contribution in [0.3, 0.4) is 0 Å². The van der Waals surface area contributed by atoms with E-state index in [1.54, 1.807) is 24.3 Å². The normalized spacial score (nSPS) is 18.6. The van der Waals surface area contributed by atoms with E-state index in [1.165, 1.54) is 0 Å². The molecule has 14 heavy (non-hydrogen) atoms. The molecule has 1 heterocycles. The lowest BCUT2D eigenvalue weighted by Crippen LogP contribution is -2.56.